The molecule has 2 aliphatic rings. The summed E-state index contributed by atoms with van der Waals surface area (Å²) in [5, 5.41) is 3.90. The fourth-order valence-corrected chi connectivity index (χ4v) is 3.72. The van der Waals surface area contributed by atoms with Crippen LogP contribution in [0.1, 0.15) is 47.0 Å². The average molecular weight is 281 g/mol. The molecule has 0 amide bonds. The van der Waals surface area contributed by atoms with Crippen molar-refractivity contribution in [3.63, 3.8) is 0 Å². The highest BCUT2D eigenvalue weighted by molar-refractivity contribution is 4.90. The van der Waals surface area contributed by atoms with Crippen molar-refractivity contribution in [1.82, 2.24) is 15.1 Å². The molecule has 1 heterocycles. The summed E-state index contributed by atoms with van der Waals surface area (Å²) in [7, 11) is 2.23. The summed E-state index contributed by atoms with van der Waals surface area (Å²) in [5.41, 5.74) is 0.279. The van der Waals surface area contributed by atoms with Crippen molar-refractivity contribution in [2.75, 3.05) is 39.8 Å². The fraction of sp³-hybridized carbons (Fsp3) is 1.00. The van der Waals surface area contributed by atoms with E-state index in [1.807, 2.05) is 0 Å². The Balaban J connectivity index is 1.82. The Labute approximate surface area is 126 Å². The van der Waals surface area contributed by atoms with Crippen LogP contribution in [-0.2, 0) is 0 Å². The first-order chi connectivity index (χ1) is 9.38. The molecule has 3 unspecified atom stereocenters. The standard InChI is InChI=1S/C17H35N3/c1-14-6-7-15(2)16(12-14)18-13-17(3,4)20-10-8-19(5)9-11-20/h14-16,18H,6-13H2,1-5H3. The first-order valence-corrected chi connectivity index (χ1v) is 8.55. The molecule has 3 heteroatoms. The van der Waals surface area contributed by atoms with Crippen LogP contribution < -0.4 is 5.32 Å². The molecule has 2 fully saturated rings. The van der Waals surface area contributed by atoms with Crippen LogP contribution in [0.15, 0.2) is 0 Å². The van der Waals surface area contributed by atoms with Crippen molar-refractivity contribution in [1.29, 1.82) is 0 Å². The molecule has 1 N–H and O–H groups in total. The van der Waals surface area contributed by atoms with Gasteiger partial charge in [0, 0.05) is 44.3 Å². The van der Waals surface area contributed by atoms with Crippen LogP contribution in [-0.4, -0.2) is 61.2 Å². The number of hydrogen-bond donors (Lipinski definition) is 1. The Morgan fingerprint density at radius 1 is 1.05 bits per heavy atom. The highest BCUT2D eigenvalue weighted by Gasteiger charge is 2.31. The minimum Gasteiger partial charge on any atom is -0.312 e. The van der Waals surface area contributed by atoms with Crippen LogP contribution in [0.3, 0.4) is 0 Å². The summed E-state index contributed by atoms with van der Waals surface area (Å²) in [6.07, 6.45) is 4.18. The van der Waals surface area contributed by atoms with E-state index in [4.69, 9.17) is 0 Å². The lowest BCUT2D eigenvalue weighted by atomic mass is 9.80. The van der Waals surface area contributed by atoms with Crippen LogP contribution >= 0.6 is 0 Å². The number of hydrogen-bond acceptors (Lipinski definition) is 3. The molecule has 0 aromatic carbocycles. The van der Waals surface area contributed by atoms with Crippen LogP contribution in [0.4, 0.5) is 0 Å². The molecule has 3 nitrogen and oxygen atoms in total. The quantitative estimate of drug-likeness (QED) is 0.854. The van der Waals surface area contributed by atoms with E-state index in [2.05, 4.69) is 49.9 Å². The van der Waals surface area contributed by atoms with Crippen molar-refractivity contribution in [2.24, 2.45) is 11.8 Å². The normalized spacial score (nSPS) is 34.4. The Morgan fingerprint density at radius 2 is 1.70 bits per heavy atom. The Kier molecular flexibility index (Phi) is 5.49. The van der Waals surface area contributed by atoms with Gasteiger partial charge in [-0.25, -0.2) is 0 Å². The molecule has 20 heavy (non-hydrogen) atoms. The zero-order valence-electron chi connectivity index (χ0n) is 14.3. The van der Waals surface area contributed by atoms with E-state index in [1.54, 1.807) is 0 Å². The van der Waals surface area contributed by atoms with Gasteiger partial charge in [-0.15, -0.1) is 0 Å². The van der Waals surface area contributed by atoms with E-state index >= 15 is 0 Å². The Morgan fingerprint density at radius 3 is 2.35 bits per heavy atom. The van der Waals surface area contributed by atoms with E-state index in [9.17, 15) is 0 Å². The number of nitrogens with zero attached hydrogens (tertiary/aromatic N) is 2. The topological polar surface area (TPSA) is 18.5 Å². The minimum atomic E-state index is 0.279. The van der Waals surface area contributed by atoms with Gasteiger partial charge in [-0.1, -0.05) is 20.3 Å². The lowest BCUT2D eigenvalue weighted by molar-refractivity contribution is 0.0564. The molecule has 0 bridgehead atoms. The summed E-state index contributed by atoms with van der Waals surface area (Å²) in [4.78, 5) is 5.10. The lowest BCUT2D eigenvalue weighted by Gasteiger charge is -2.45. The fourth-order valence-electron chi connectivity index (χ4n) is 3.72. The van der Waals surface area contributed by atoms with Gasteiger partial charge in [0.05, 0.1) is 0 Å². The summed E-state index contributed by atoms with van der Waals surface area (Å²) >= 11 is 0. The third-order valence-corrected chi connectivity index (χ3v) is 5.61. The van der Waals surface area contributed by atoms with Gasteiger partial charge in [-0.3, -0.25) is 4.90 Å². The van der Waals surface area contributed by atoms with E-state index in [0.717, 1.165) is 24.4 Å². The zero-order valence-corrected chi connectivity index (χ0v) is 14.3. The molecule has 0 radical (unpaired) electrons. The summed E-state index contributed by atoms with van der Waals surface area (Å²) < 4.78 is 0. The van der Waals surface area contributed by atoms with Gasteiger partial charge in [0.25, 0.3) is 0 Å². The van der Waals surface area contributed by atoms with Crippen molar-refractivity contribution in [3.8, 4) is 0 Å². The SMILES string of the molecule is CC1CCC(C)C(NCC(C)(C)N2CCN(C)CC2)C1. The molecule has 1 aliphatic carbocycles. The van der Waals surface area contributed by atoms with E-state index in [-0.39, 0.29) is 5.54 Å². The van der Waals surface area contributed by atoms with Crippen molar-refractivity contribution < 1.29 is 0 Å². The number of piperazine rings is 1. The highest BCUT2D eigenvalue weighted by atomic mass is 15.3. The molecular formula is C17H35N3. The Bertz CT molecular complexity index is 295. The molecule has 1 saturated heterocycles. The third kappa shape index (κ3) is 4.19. The second-order valence-electron chi connectivity index (χ2n) is 7.99. The third-order valence-electron chi connectivity index (χ3n) is 5.61. The smallest absolute Gasteiger partial charge is 0.0278 e. The van der Waals surface area contributed by atoms with Crippen LogP contribution in [0, 0.1) is 11.8 Å². The van der Waals surface area contributed by atoms with Crippen LogP contribution in [0.5, 0.6) is 0 Å². The predicted octanol–water partition coefficient (Wildman–Crippen LogP) is 2.43. The molecule has 0 aromatic heterocycles. The monoisotopic (exact) mass is 281 g/mol. The van der Waals surface area contributed by atoms with E-state index in [0.29, 0.717) is 0 Å². The Hall–Kier alpha value is -0.120. The molecule has 0 aromatic rings. The maximum atomic E-state index is 3.90. The lowest BCUT2D eigenvalue weighted by Crippen LogP contribution is -2.58. The molecule has 0 spiro atoms. The second-order valence-corrected chi connectivity index (χ2v) is 7.99. The van der Waals surface area contributed by atoms with Gasteiger partial charge in [0.2, 0.25) is 0 Å². The zero-order chi connectivity index (χ0) is 14.8. The van der Waals surface area contributed by atoms with E-state index in [1.165, 1.54) is 45.4 Å². The molecule has 2 rings (SSSR count). The number of likely N-dealkylation sites (N-methyl/N-ethyl adjacent to an activating group) is 1. The van der Waals surface area contributed by atoms with Gasteiger partial charge in [0.1, 0.15) is 0 Å². The van der Waals surface area contributed by atoms with Gasteiger partial charge in [0.15, 0.2) is 0 Å². The maximum absolute atomic E-state index is 3.90. The van der Waals surface area contributed by atoms with Crippen LogP contribution in [0.25, 0.3) is 0 Å². The highest BCUT2D eigenvalue weighted by Crippen LogP contribution is 2.29. The van der Waals surface area contributed by atoms with Crippen molar-refractivity contribution in [2.45, 2.75) is 58.5 Å². The van der Waals surface area contributed by atoms with E-state index < -0.39 is 0 Å². The van der Waals surface area contributed by atoms with Crippen molar-refractivity contribution >= 4 is 0 Å². The molecule has 3 atom stereocenters. The number of nitrogens with one attached hydrogen (secondary N) is 1. The van der Waals surface area contributed by atoms with Crippen LogP contribution in [0.2, 0.25) is 0 Å². The first kappa shape index (κ1) is 16.3. The molecule has 118 valence electrons. The average Bonchev–Trinajstić information content (AvgIpc) is 2.40. The molecule has 1 aliphatic heterocycles. The predicted molar refractivity (Wildman–Crippen MR) is 87.1 cm³/mol. The minimum absolute atomic E-state index is 0.279. The summed E-state index contributed by atoms with van der Waals surface area (Å²) in [6, 6.07) is 0.727. The van der Waals surface area contributed by atoms with Gasteiger partial charge in [-0.05, 0) is 45.6 Å². The van der Waals surface area contributed by atoms with Crippen molar-refractivity contribution in [3.05, 3.63) is 0 Å². The van der Waals surface area contributed by atoms with Gasteiger partial charge < -0.3 is 10.2 Å². The first-order valence-electron chi connectivity index (χ1n) is 8.55. The maximum Gasteiger partial charge on any atom is 0.0278 e. The summed E-state index contributed by atoms with van der Waals surface area (Å²) in [5.74, 6) is 1.74. The van der Waals surface area contributed by atoms with Gasteiger partial charge >= 0.3 is 0 Å². The largest absolute Gasteiger partial charge is 0.312 e. The molecule has 1 saturated carbocycles. The molecular weight excluding hydrogens is 246 g/mol. The van der Waals surface area contributed by atoms with Gasteiger partial charge in [-0.2, -0.15) is 0 Å². The second kappa shape index (κ2) is 6.76. The number of rotatable bonds is 4. The summed E-state index contributed by atoms with van der Waals surface area (Å²) in [6.45, 7) is 15.6.